The van der Waals surface area contributed by atoms with Crippen LogP contribution in [-0.2, 0) is 16.0 Å². The summed E-state index contributed by atoms with van der Waals surface area (Å²) in [5.74, 6) is -2.72. The number of piperidine rings is 3. The zero-order valence-corrected chi connectivity index (χ0v) is 19.9. The molecule has 5 heterocycles. The summed E-state index contributed by atoms with van der Waals surface area (Å²) in [5.41, 5.74) is 1.97. The number of furan rings is 1. The molecule has 4 unspecified atom stereocenters. The number of aliphatic carboxylic acids is 2. The molecule has 1 amide bonds. The number of pyridine rings is 1. The van der Waals surface area contributed by atoms with Gasteiger partial charge in [0.15, 0.2) is 18.0 Å². The number of carbonyl (C=O) groups excluding carboxylic acids is 1. The summed E-state index contributed by atoms with van der Waals surface area (Å²) in [6.07, 6.45) is 2.41. The van der Waals surface area contributed by atoms with E-state index in [0.717, 1.165) is 43.3 Å². The number of benzene rings is 1. The number of aliphatic hydroxyl groups is 2. The lowest BCUT2D eigenvalue weighted by atomic mass is 9.76. The Labute approximate surface area is 212 Å². The molecule has 0 spiro atoms. The Morgan fingerprint density at radius 3 is 2.30 bits per heavy atom. The predicted molar refractivity (Wildman–Crippen MR) is 131 cm³/mol. The Bertz CT molecular complexity index is 1190. The van der Waals surface area contributed by atoms with Gasteiger partial charge in [0.05, 0.1) is 0 Å². The molecular weight excluding hydrogens is 482 g/mol. The van der Waals surface area contributed by atoms with E-state index in [9.17, 15) is 14.4 Å². The molecule has 11 heteroatoms. The van der Waals surface area contributed by atoms with Gasteiger partial charge in [-0.05, 0) is 62.0 Å². The maximum atomic E-state index is 12.9. The van der Waals surface area contributed by atoms with E-state index in [0.29, 0.717) is 17.7 Å². The molecule has 37 heavy (non-hydrogen) atoms. The second kappa shape index (κ2) is 11.5. The molecular formula is C26H29N3O8. The summed E-state index contributed by atoms with van der Waals surface area (Å²) in [7, 11) is 0. The van der Waals surface area contributed by atoms with Crippen LogP contribution in [-0.4, -0.2) is 85.5 Å². The topological polar surface area (TPSA) is 173 Å². The fourth-order valence-corrected chi connectivity index (χ4v) is 4.97. The Kier molecular flexibility index (Phi) is 8.17. The zero-order valence-electron chi connectivity index (χ0n) is 19.9. The zero-order chi connectivity index (χ0) is 26.5. The number of fused-ring (bicyclic) bond motifs is 4. The first-order chi connectivity index (χ1) is 17.7. The number of aliphatic hydroxyl groups excluding tert-OH is 2. The lowest BCUT2D eigenvalue weighted by Crippen LogP contribution is -2.64. The summed E-state index contributed by atoms with van der Waals surface area (Å²) in [6.45, 7) is 2.24. The third-order valence-corrected chi connectivity index (χ3v) is 6.89. The van der Waals surface area contributed by atoms with Crippen molar-refractivity contribution >= 4 is 28.8 Å². The van der Waals surface area contributed by atoms with Gasteiger partial charge in [-0.1, -0.05) is 24.3 Å². The molecule has 2 bridgehead atoms. The molecule has 3 aliphatic rings. The Morgan fingerprint density at radius 1 is 1.03 bits per heavy atom. The van der Waals surface area contributed by atoms with Crippen molar-refractivity contribution in [2.24, 2.45) is 5.92 Å². The summed E-state index contributed by atoms with van der Waals surface area (Å²) in [4.78, 5) is 39.2. The highest BCUT2D eigenvalue weighted by atomic mass is 16.4. The number of hydrogen-bond donors (Lipinski definition) is 5. The van der Waals surface area contributed by atoms with Crippen LogP contribution in [0.3, 0.4) is 0 Å². The first-order valence-electron chi connectivity index (χ1n) is 12.0. The van der Waals surface area contributed by atoms with Gasteiger partial charge in [-0.2, -0.15) is 0 Å². The standard InChI is InChI=1S/C22H23N3O2.C4H6O6/c26-22(20-13-17-5-1-2-6-19(17)27-20)24-21-16-7-10-25(11-8-16)18(21)12-15-4-3-9-23-14-15;5-1(3(7)8)2(6)4(9)10/h1-6,9,13-14,16,18,21H,7-8,10-12H2,(H,24,26);1-2,5-6H,(H,7,8)(H,9,10). The monoisotopic (exact) mass is 511 g/mol. The lowest BCUT2D eigenvalue weighted by Gasteiger charge is -2.51. The number of aromatic nitrogens is 1. The van der Waals surface area contributed by atoms with E-state index < -0.39 is 24.1 Å². The van der Waals surface area contributed by atoms with Crippen molar-refractivity contribution in [1.29, 1.82) is 0 Å². The molecule has 2 aromatic heterocycles. The molecule has 196 valence electrons. The average molecular weight is 512 g/mol. The molecule has 3 saturated heterocycles. The quantitative estimate of drug-likeness (QED) is 0.309. The summed E-state index contributed by atoms with van der Waals surface area (Å²) >= 11 is 0. The summed E-state index contributed by atoms with van der Waals surface area (Å²) in [5, 5.41) is 36.8. The van der Waals surface area contributed by atoms with Gasteiger partial charge in [0.2, 0.25) is 0 Å². The van der Waals surface area contributed by atoms with Crippen LogP contribution < -0.4 is 5.32 Å². The maximum absolute atomic E-state index is 12.9. The molecule has 11 nitrogen and oxygen atoms in total. The molecule has 3 aromatic rings. The van der Waals surface area contributed by atoms with E-state index in [1.54, 1.807) is 6.20 Å². The van der Waals surface area contributed by atoms with Crippen LogP contribution in [0.5, 0.6) is 0 Å². The second-order valence-electron chi connectivity index (χ2n) is 9.22. The van der Waals surface area contributed by atoms with Crippen LogP contribution in [0.4, 0.5) is 0 Å². The summed E-state index contributed by atoms with van der Waals surface area (Å²) in [6, 6.07) is 14.1. The number of carboxylic acid groups (broad SMARTS) is 2. The Hall–Kier alpha value is -3.80. The van der Waals surface area contributed by atoms with Gasteiger partial charge < -0.3 is 30.2 Å². The van der Waals surface area contributed by atoms with Gasteiger partial charge >= 0.3 is 11.9 Å². The van der Waals surface area contributed by atoms with Gasteiger partial charge in [-0.25, -0.2) is 9.59 Å². The van der Waals surface area contributed by atoms with E-state index in [2.05, 4.69) is 21.3 Å². The third-order valence-electron chi connectivity index (χ3n) is 6.89. The van der Waals surface area contributed by atoms with Gasteiger partial charge in [-0.15, -0.1) is 0 Å². The molecule has 0 saturated carbocycles. The highest BCUT2D eigenvalue weighted by Gasteiger charge is 2.43. The first-order valence-corrected chi connectivity index (χ1v) is 12.0. The van der Waals surface area contributed by atoms with Crippen LogP contribution in [0.1, 0.15) is 29.0 Å². The highest BCUT2D eigenvalue weighted by molar-refractivity contribution is 5.96. The fourth-order valence-electron chi connectivity index (χ4n) is 4.97. The predicted octanol–water partition coefficient (Wildman–Crippen LogP) is 1.14. The molecule has 0 radical (unpaired) electrons. The van der Waals surface area contributed by atoms with Crippen molar-refractivity contribution in [3.8, 4) is 0 Å². The number of rotatable bonds is 7. The van der Waals surface area contributed by atoms with E-state index in [1.165, 1.54) is 5.56 Å². The smallest absolute Gasteiger partial charge is 0.335 e. The van der Waals surface area contributed by atoms with E-state index in [-0.39, 0.29) is 11.9 Å². The van der Waals surface area contributed by atoms with Crippen molar-refractivity contribution in [2.75, 3.05) is 13.1 Å². The number of carboxylic acids is 2. The van der Waals surface area contributed by atoms with Crippen molar-refractivity contribution in [2.45, 2.75) is 43.6 Å². The lowest BCUT2D eigenvalue weighted by molar-refractivity contribution is -0.165. The molecule has 4 atom stereocenters. The fraction of sp³-hybridized carbons (Fsp3) is 0.385. The SMILES string of the molecule is O=C(NC1C2CCN(CC2)C1Cc1cccnc1)c1cc2ccccc2o1.O=C(O)C(O)C(O)C(=O)O. The second-order valence-corrected chi connectivity index (χ2v) is 9.22. The van der Waals surface area contributed by atoms with Crippen LogP contribution >= 0.6 is 0 Å². The maximum Gasteiger partial charge on any atom is 0.335 e. The van der Waals surface area contributed by atoms with E-state index >= 15 is 0 Å². The molecule has 5 N–H and O–H groups in total. The van der Waals surface area contributed by atoms with E-state index in [1.807, 2.05) is 42.6 Å². The molecule has 0 aliphatic carbocycles. The minimum atomic E-state index is -2.27. The minimum Gasteiger partial charge on any atom is -0.479 e. The van der Waals surface area contributed by atoms with Crippen molar-refractivity contribution in [3.63, 3.8) is 0 Å². The van der Waals surface area contributed by atoms with Gasteiger partial charge in [0.25, 0.3) is 5.91 Å². The van der Waals surface area contributed by atoms with Crippen LogP contribution in [0, 0.1) is 5.92 Å². The van der Waals surface area contributed by atoms with Crippen molar-refractivity contribution in [1.82, 2.24) is 15.2 Å². The summed E-state index contributed by atoms with van der Waals surface area (Å²) < 4.78 is 5.77. The Morgan fingerprint density at radius 2 is 1.70 bits per heavy atom. The number of nitrogens with zero attached hydrogens (tertiary/aromatic N) is 2. The van der Waals surface area contributed by atoms with Gasteiger partial charge in [0.1, 0.15) is 5.58 Å². The number of hydrogen-bond acceptors (Lipinski definition) is 8. The van der Waals surface area contributed by atoms with Gasteiger partial charge in [-0.3, -0.25) is 14.7 Å². The van der Waals surface area contributed by atoms with Crippen LogP contribution in [0.25, 0.3) is 11.0 Å². The number of amides is 1. The molecule has 3 fully saturated rings. The van der Waals surface area contributed by atoms with E-state index in [4.69, 9.17) is 24.8 Å². The third kappa shape index (κ3) is 6.13. The Balaban J connectivity index is 0.000000275. The largest absolute Gasteiger partial charge is 0.479 e. The molecule has 3 aliphatic heterocycles. The number of nitrogens with one attached hydrogen (secondary N) is 1. The molecule has 6 rings (SSSR count). The normalized spacial score (nSPS) is 23.9. The van der Waals surface area contributed by atoms with Crippen molar-refractivity contribution < 1.29 is 39.2 Å². The van der Waals surface area contributed by atoms with Crippen LogP contribution in [0.2, 0.25) is 0 Å². The van der Waals surface area contributed by atoms with Crippen LogP contribution in [0.15, 0.2) is 59.3 Å². The first kappa shape index (κ1) is 26.3. The van der Waals surface area contributed by atoms with Crippen molar-refractivity contribution in [3.05, 3.63) is 66.2 Å². The number of para-hydroxylation sites is 1. The minimum absolute atomic E-state index is 0.110. The average Bonchev–Trinajstić information content (AvgIpc) is 3.35. The highest BCUT2D eigenvalue weighted by Crippen LogP contribution is 2.34. The molecule has 1 aromatic carbocycles. The number of carbonyl (C=O) groups is 3. The van der Waals surface area contributed by atoms with Gasteiger partial charge in [0, 0.05) is 29.9 Å².